The minimum atomic E-state index is -1.11. The van der Waals surface area contributed by atoms with E-state index in [4.69, 9.17) is 15.2 Å². The molecule has 0 aliphatic carbocycles. The van der Waals surface area contributed by atoms with Gasteiger partial charge in [0.25, 0.3) is 0 Å². The van der Waals surface area contributed by atoms with Gasteiger partial charge in [-0.1, -0.05) is 6.92 Å². The average molecular weight is 337 g/mol. The second-order valence-corrected chi connectivity index (χ2v) is 6.51. The number of hydrogen-bond acceptors (Lipinski definition) is 9. The molecule has 24 heavy (non-hydrogen) atoms. The van der Waals surface area contributed by atoms with Crippen molar-refractivity contribution < 1.29 is 24.8 Å². The van der Waals surface area contributed by atoms with Gasteiger partial charge in [0.1, 0.15) is 17.8 Å². The molecule has 10 nitrogen and oxygen atoms in total. The number of aromatic hydroxyl groups is 1. The summed E-state index contributed by atoms with van der Waals surface area (Å²) in [6.07, 6.45) is -0.559. The van der Waals surface area contributed by atoms with Crippen LogP contribution >= 0.6 is 0 Å². The summed E-state index contributed by atoms with van der Waals surface area (Å²) in [6.45, 7) is 2.09. The van der Waals surface area contributed by atoms with E-state index in [0.29, 0.717) is 13.0 Å². The molecule has 2 aromatic heterocycles. The molecule has 2 aliphatic heterocycles. The van der Waals surface area contributed by atoms with Crippen molar-refractivity contribution in [2.75, 3.05) is 18.9 Å². The predicted octanol–water partition coefficient (Wildman–Crippen LogP) is -0.840. The fourth-order valence-corrected chi connectivity index (χ4v) is 3.61. The second-order valence-electron chi connectivity index (χ2n) is 6.51. The summed E-state index contributed by atoms with van der Waals surface area (Å²) in [5.74, 6) is -0.299. The lowest BCUT2D eigenvalue weighted by Gasteiger charge is -2.31. The first-order chi connectivity index (χ1) is 11.4. The van der Waals surface area contributed by atoms with Gasteiger partial charge in [-0.25, -0.2) is 4.98 Å². The third-order valence-corrected chi connectivity index (χ3v) is 4.72. The van der Waals surface area contributed by atoms with Crippen molar-refractivity contribution in [2.45, 2.75) is 37.4 Å². The molecule has 0 radical (unpaired) electrons. The molecule has 5 N–H and O–H groups in total. The number of ether oxygens (including phenoxy) is 2. The highest BCUT2D eigenvalue weighted by Crippen LogP contribution is 2.45. The maximum absolute atomic E-state index is 10.7. The molecule has 2 fully saturated rings. The van der Waals surface area contributed by atoms with Gasteiger partial charge in [0.2, 0.25) is 11.8 Å². The number of rotatable bonds is 2. The molecule has 0 saturated carbocycles. The number of nitrogens with zero attached hydrogens (tertiary/aromatic N) is 4. The largest absolute Gasteiger partial charge is 0.492 e. The molecule has 5 atom stereocenters. The molecule has 130 valence electrons. The van der Waals surface area contributed by atoms with Crippen molar-refractivity contribution in [3.8, 4) is 5.88 Å². The van der Waals surface area contributed by atoms with Crippen LogP contribution in [0.1, 0.15) is 19.6 Å². The van der Waals surface area contributed by atoms with Crippen molar-refractivity contribution >= 4 is 17.1 Å². The number of anilines is 1. The monoisotopic (exact) mass is 337 g/mol. The molecular weight excluding hydrogens is 318 g/mol. The van der Waals surface area contributed by atoms with Gasteiger partial charge in [-0.2, -0.15) is 9.97 Å². The molecule has 2 aromatic rings. The smallest absolute Gasteiger partial charge is 0.244 e. The Kier molecular flexibility index (Phi) is 3.39. The molecule has 4 rings (SSSR count). The van der Waals surface area contributed by atoms with Gasteiger partial charge in [-0.15, -0.1) is 0 Å². The zero-order valence-electron chi connectivity index (χ0n) is 13.0. The van der Waals surface area contributed by atoms with Crippen LogP contribution < -0.4 is 5.73 Å². The van der Waals surface area contributed by atoms with Crippen LogP contribution in [-0.2, 0) is 9.47 Å². The molecule has 10 heteroatoms. The van der Waals surface area contributed by atoms with E-state index in [1.807, 2.05) is 6.92 Å². The van der Waals surface area contributed by atoms with Crippen LogP contribution in [0.15, 0.2) is 6.33 Å². The fraction of sp³-hybridized carbons (Fsp3) is 0.643. The maximum atomic E-state index is 10.7. The number of nitrogen functional groups attached to an aromatic ring is 1. The number of hydrogen-bond donors (Lipinski definition) is 4. The summed E-state index contributed by atoms with van der Waals surface area (Å²) >= 11 is 0. The maximum Gasteiger partial charge on any atom is 0.244 e. The van der Waals surface area contributed by atoms with Crippen LogP contribution in [-0.4, -0.2) is 65.9 Å². The zero-order valence-corrected chi connectivity index (χ0v) is 13.0. The minimum absolute atomic E-state index is 0.105. The molecular formula is C14H19N5O5. The van der Waals surface area contributed by atoms with E-state index in [2.05, 4.69) is 15.0 Å². The summed E-state index contributed by atoms with van der Waals surface area (Å²) in [4.78, 5) is 11.8. The van der Waals surface area contributed by atoms with E-state index < -0.39 is 24.0 Å². The van der Waals surface area contributed by atoms with Crippen molar-refractivity contribution in [3.63, 3.8) is 0 Å². The normalized spacial score (nSPS) is 36.1. The lowest BCUT2D eigenvalue weighted by Crippen LogP contribution is -2.46. The predicted molar refractivity (Wildman–Crippen MR) is 80.9 cm³/mol. The van der Waals surface area contributed by atoms with Gasteiger partial charge in [0.05, 0.1) is 12.9 Å². The number of aliphatic hydroxyl groups excluding tert-OH is 2. The zero-order chi connectivity index (χ0) is 17.1. The van der Waals surface area contributed by atoms with Crippen LogP contribution in [0.2, 0.25) is 0 Å². The summed E-state index contributed by atoms with van der Waals surface area (Å²) in [7, 11) is 0. The van der Waals surface area contributed by atoms with E-state index in [0.717, 1.165) is 0 Å². The third-order valence-electron chi connectivity index (χ3n) is 4.72. The number of aliphatic hydroxyl groups is 2. The lowest BCUT2D eigenvalue weighted by molar-refractivity contribution is -0.148. The Labute approximate surface area is 136 Å². The van der Waals surface area contributed by atoms with Gasteiger partial charge in [-0.05, 0) is 12.3 Å². The summed E-state index contributed by atoms with van der Waals surface area (Å²) in [5.41, 5.74) is 4.93. The molecule has 4 unspecified atom stereocenters. The highest BCUT2D eigenvalue weighted by Gasteiger charge is 2.58. The van der Waals surface area contributed by atoms with Crippen molar-refractivity contribution in [2.24, 2.45) is 5.92 Å². The first kappa shape index (κ1) is 15.5. The van der Waals surface area contributed by atoms with Crippen LogP contribution in [0.25, 0.3) is 11.2 Å². The van der Waals surface area contributed by atoms with E-state index >= 15 is 0 Å². The summed E-state index contributed by atoms with van der Waals surface area (Å²) < 4.78 is 13.4. The third kappa shape index (κ3) is 2.07. The van der Waals surface area contributed by atoms with Crippen LogP contribution in [0.4, 0.5) is 5.95 Å². The average Bonchev–Trinajstić information content (AvgIpc) is 3.01. The van der Waals surface area contributed by atoms with E-state index in [1.165, 1.54) is 10.9 Å². The number of fused-ring (bicyclic) bond motifs is 3. The van der Waals surface area contributed by atoms with E-state index in [1.54, 1.807) is 0 Å². The summed E-state index contributed by atoms with van der Waals surface area (Å²) in [5, 5.41) is 30.4. The quantitative estimate of drug-likeness (QED) is 0.550. The topological polar surface area (TPSA) is 149 Å². The van der Waals surface area contributed by atoms with Gasteiger partial charge >= 0.3 is 0 Å². The van der Waals surface area contributed by atoms with Gasteiger partial charge in [0.15, 0.2) is 17.4 Å². The van der Waals surface area contributed by atoms with E-state index in [-0.39, 0.29) is 35.5 Å². The number of aromatic nitrogens is 4. The van der Waals surface area contributed by atoms with Crippen LogP contribution in [0.5, 0.6) is 5.88 Å². The molecule has 0 spiro atoms. The van der Waals surface area contributed by atoms with Gasteiger partial charge < -0.3 is 30.5 Å². The Morgan fingerprint density at radius 1 is 1.46 bits per heavy atom. The van der Waals surface area contributed by atoms with Crippen LogP contribution in [0.3, 0.4) is 0 Å². The van der Waals surface area contributed by atoms with Gasteiger partial charge in [0, 0.05) is 6.61 Å². The Bertz CT molecular complexity index is 782. The first-order valence-electron chi connectivity index (χ1n) is 7.72. The minimum Gasteiger partial charge on any atom is -0.492 e. The molecule has 2 saturated heterocycles. The standard InChI is InChI=1S/C14H19N5O5/c1-6-2-14(4-20)9(21)8(23-3-6)12(24-14)19-5-16-7-10(19)17-13(15)18-11(7)22/h5-6,8-9,12,20-21H,2-4H2,1H3,(H3,15,17,18,22)/t6?,8?,9?,12?,14-/m1/s1. The highest BCUT2D eigenvalue weighted by molar-refractivity contribution is 5.77. The van der Waals surface area contributed by atoms with Crippen molar-refractivity contribution in [3.05, 3.63) is 6.33 Å². The number of nitrogens with two attached hydrogens (primary N) is 1. The first-order valence-corrected chi connectivity index (χ1v) is 7.72. The Hall–Kier alpha value is -2.01. The Morgan fingerprint density at radius 2 is 2.25 bits per heavy atom. The second kappa shape index (κ2) is 5.24. The summed E-state index contributed by atoms with van der Waals surface area (Å²) in [6, 6.07) is 0. The Balaban J connectivity index is 1.81. The molecule has 0 aromatic carbocycles. The molecule has 2 aliphatic rings. The van der Waals surface area contributed by atoms with E-state index in [9.17, 15) is 15.3 Å². The van der Waals surface area contributed by atoms with Crippen molar-refractivity contribution in [1.82, 2.24) is 19.5 Å². The highest BCUT2D eigenvalue weighted by atomic mass is 16.6. The fourth-order valence-electron chi connectivity index (χ4n) is 3.61. The molecule has 4 heterocycles. The van der Waals surface area contributed by atoms with Gasteiger partial charge in [-0.3, -0.25) is 4.57 Å². The lowest BCUT2D eigenvalue weighted by atomic mass is 9.88. The number of imidazole rings is 1. The van der Waals surface area contributed by atoms with Crippen LogP contribution in [0, 0.1) is 5.92 Å². The SMILES string of the molecule is CC1COC2C(n3cnc4c(O)nc(N)nc43)O[C@@](CO)(C1)C2O. The molecule has 0 amide bonds. The molecule has 2 bridgehead atoms. The Morgan fingerprint density at radius 3 is 3.00 bits per heavy atom. The van der Waals surface area contributed by atoms with Crippen molar-refractivity contribution in [1.29, 1.82) is 0 Å².